The van der Waals surface area contributed by atoms with Crippen molar-refractivity contribution in [2.45, 2.75) is 6.10 Å². The Labute approximate surface area is 176 Å². The van der Waals surface area contributed by atoms with E-state index in [1.807, 2.05) is 30.3 Å². The molecule has 0 saturated carbocycles. The summed E-state index contributed by atoms with van der Waals surface area (Å²) in [5.41, 5.74) is 1.97. The van der Waals surface area contributed by atoms with Crippen LogP contribution in [0.3, 0.4) is 0 Å². The minimum Gasteiger partial charge on any atom is -0.371 e. The molecule has 1 aliphatic rings. The molecule has 3 aromatic rings. The smallest absolute Gasteiger partial charge is 0.277 e. The van der Waals surface area contributed by atoms with E-state index in [2.05, 4.69) is 41.9 Å². The van der Waals surface area contributed by atoms with Crippen LogP contribution in [0.5, 0.6) is 0 Å². The number of anilines is 1. The Hall–Kier alpha value is -2.33. The van der Waals surface area contributed by atoms with Crippen molar-refractivity contribution < 1.29 is 9.53 Å². The molecule has 1 aliphatic heterocycles. The first-order valence-electron chi connectivity index (χ1n) is 8.47. The number of morpholine rings is 1. The number of pyridine rings is 1. The Morgan fingerprint density at radius 1 is 1.25 bits per heavy atom. The lowest BCUT2D eigenvalue weighted by Gasteiger charge is -2.24. The fourth-order valence-corrected chi connectivity index (χ4v) is 2.97. The number of benzene rings is 1. The van der Waals surface area contributed by atoms with Gasteiger partial charge < -0.3 is 15.4 Å². The SMILES string of the molecule is Cl.O=C(Nc1ccc([C@H]2CNCCO2)cc1)c1cn(-c2ccc(Br)cn2)nn1. The summed E-state index contributed by atoms with van der Waals surface area (Å²) in [6, 6.07) is 11.2. The van der Waals surface area contributed by atoms with Crippen LogP contribution < -0.4 is 10.6 Å². The minimum atomic E-state index is -0.332. The Morgan fingerprint density at radius 2 is 2.07 bits per heavy atom. The highest BCUT2D eigenvalue weighted by Gasteiger charge is 2.16. The van der Waals surface area contributed by atoms with Crippen LogP contribution in [0.2, 0.25) is 0 Å². The number of hydrogen-bond donors (Lipinski definition) is 2. The van der Waals surface area contributed by atoms with Gasteiger partial charge in [0.05, 0.1) is 18.9 Å². The molecule has 8 nitrogen and oxygen atoms in total. The summed E-state index contributed by atoms with van der Waals surface area (Å²) in [7, 11) is 0. The van der Waals surface area contributed by atoms with Gasteiger partial charge in [-0.05, 0) is 45.8 Å². The molecule has 2 aromatic heterocycles. The first kappa shape index (κ1) is 20.4. The molecule has 1 saturated heterocycles. The standard InChI is InChI=1S/C18H17BrN6O2.ClH/c19-13-3-6-17(21-9-13)25-11-15(23-24-25)18(26)22-14-4-1-12(2-5-14)16-10-20-7-8-27-16;/h1-6,9,11,16,20H,7-8,10H2,(H,22,26);1H/t16-;/m1./s1. The lowest BCUT2D eigenvalue weighted by Crippen LogP contribution is -2.33. The average molecular weight is 466 g/mol. The van der Waals surface area contributed by atoms with Crippen molar-refractivity contribution in [2.75, 3.05) is 25.0 Å². The van der Waals surface area contributed by atoms with E-state index in [9.17, 15) is 4.79 Å². The summed E-state index contributed by atoms with van der Waals surface area (Å²) in [5, 5.41) is 14.0. The van der Waals surface area contributed by atoms with Gasteiger partial charge in [-0.1, -0.05) is 17.3 Å². The number of carbonyl (C=O) groups is 1. The second-order valence-electron chi connectivity index (χ2n) is 6.02. The monoisotopic (exact) mass is 464 g/mol. The van der Waals surface area contributed by atoms with E-state index in [1.165, 1.54) is 4.68 Å². The third kappa shape index (κ3) is 4.74. The van der Waals surface area contributed by atoms with Crippen LogP contribution in [-0.4, -0.2) is 45.6 Å². The number of carbonyl (C=O) groups excluding carboxylic acids is 1. The molecule has 0 spiro atoms. The van der Waals surface area contributed by atoms with E-state index in [-0.39, 0.29) is 30.1 Å². The van der Waals surface area contributed by atoms with Gasteiger partial charge in [0.15, 0.2) is 11.5 Å². The molecule has 1 atom stereocenters. The van der Waals surface area contributed by atoms with Crippen molar-refractivity contribution in [3.05, 3.63) is 64.5 Å². The molecule has 146 valence electrons. The van der Waals surface area contributed by atoms with Gasteiger partial charge in [0.2, 0.25) is 0 Å². The van der Waals surface area contributed by atoms with Gasteiger partial charge in [-0.25, -0.2) is 9.67 Å². The molecule has 0 aliphatic carbocycles. The van der Waals surface area contributed by atoms with Gasteiger partial charge in [0, 0.05) is 29.4 Å². The topological polar surface area (TPSA) is 94.0 Å². The molecule has 1 aromatic carbocycles. The first-order chi connectivity index (χ1) is 13.2. The Bertz CT molecular complexity index is 926. The first-order valence-corrected chi connectivity index (χ1v) is 9.26. The number of hydrogen-bond acceptors (Lipinski definition) is 6. The van der Waals surface area contributed by atoms with Crippen LogP contribution in [0.4, 0.5) is 5.69 Å². The maximum atomic E-state index is 12.4. The zero-order chi connectivity index (χ0) is 18.6. The molecular formula is C18H18BrClN6O2. The van der Waals surface area contributed by atoms with Crippen molar-refractivity contribution >= 4 is 39.9 Å². The van der Waals surface area contributed by atoms with E-state index in [0.29, 0.717) is 18.1 Å². The van der Waals surface area contributed by atoms with Crippen LogP contribution >= 0.6 is 28.3 Å². The van der Waals surface area contributed by atoms with Gasteiger partial charge in [-0.3, -0.25) is 4.79 Å². The second-order valence-corrected chi connectivity index (χ2v) is 6.94. The van der Waals surface area contributed by atoms with Crippen LogP contribution in [0, 0.1) is 0 Å². The minimum absolute atomic E-state index is 0. The zero-order valence-electron chi connectivity index (χ0n) is 14.7. The normalized spacial score (nSPS) is 16.2. The number of amides is 1. The fourth-order valence-electron chi connectivity index (χ4n) is 2.74. The molecule has 2 N–H and O–H groups in total. The maximum Gasteiger partial charge on any atom is 0.277 e. The zero-order valence-corrected chi connectivity index (χ0v) is 17.1. The Balaban J connectivity index is 0.00000225. The fraction of sp³-hybridized carbons (Fsp3) is 0.222. The van der Waals surface area contributed by atoms with E-state index in [0.717, 1.165) is 23.1 Å². The third-order valence-corrected chi connectivity index (χ3v) is 4.61. The summed E-state index contributed by atoms with van der Waals surface area (Å²) in [6.07, 6.45) is 3.24. The van der Waals surface area contributed by atoms with Crippen LogP contribution in [0.1, 0.15) is 22.2 Å². The lowest BCUT2D eigenvalue weighted by atomic mass is 10.1. The number of aromatic nitrogens is 4. The number of rotatable bonds is 4. The van der Waals surface area contributed by atoms with E-state index >= 15 is 0 Å². The highest BCUT2D eigenvalue weighted by atomic mass is 79.9. The molecule has 4 rings (SSSR count). The molecular weight excluding hydrogens is 448 g/mol. The molecule has 1 amide bonds. The van der Waals surface area contributed by atoms with Gasteiger partial charge >= 0.3 is 0 Å². The van der Waals surface area contributed by atoms with E-state index in [4.69, 9.17) is 4.74 Å². The molecule has 0 radical (unpaired) electrons. The van der Waals surface area contributed by atoms with Gasteiger partial charge in [-0.15, -0.1) is 17.5 Å². The largest absolute Gasteiger partial charge is 0.371 e. The van der Waals surface area contributed by atoms with Crippen molar-refractivity contribution in [3.63, 3.8) is 0 Å². The molecule has 0 bridgehead atoms. The third-order valence-electron chi connectivity index (χ3n) is 4.14. The number of halogens is 2. The molecule has 28 heavy (non-hydrogen) atoms. The van der Waals surface area contributed by atoms with Crippen LogP contribution in [0.15, 0.2) is 53.3 Å². The lowest BCUT2D eigenvalue weighted by molar-refractivity contribution is 0.0277. The van der Waals surface area contributed by atoms with Crippen LogP contribution in [-0.2, 0) is 4.74 Å². The van der Waals surface area contributed by atoms with Crippen molar-refractivity contribution in [2.24, 2.45) is 0 Å². The second kappa shape index (κ2) is 9.24. The molecule has 0 unspecified atom stereocenters. The summed E-state index contributed by atoms with van der Waals surface area (Å²) >= 11 is 3.33. The number of ether oxygens (including phenoxy) is 1. The van der Waals surface area contributed by atoms with Crippen molar-refractivity contribution in [1.29, 1.82) is 0 Å². The quantitative estimate of drug-likeness (QED) is 0.615. The van der Waals surface area contributed by atoms with Crippen molar-refractivity contribution in [1.82, 2.24) is 25.3 Å². The predicted molar refractivity (Wildman–Crippen MR) is 110 cm³/mol. The summed E-state index contributed by atoms with van der Waals surface area (Å²) in [6.45, 7) is 2.37. The Morgan fingerprint density at radius 3 is 2.75 bits per heavy atom. The van der Waals surface area contributed by atoms with Gasteiger partial charge in [0.25, 0.3) is 5.91 Å². The van der Waals surface area contributed by atoms with E-state index in [1.54, 1.807) is 18.5 Å². The maximum absolute atomic E-state index is 12.4. The molecule has 1 fully saturated rings. The van der Waals surface area contributed by atoms with Crippen molar-refractivity contribution in [3.8, 4) is 5.82 Å². The Kier molecular flexibility index (Phi) is 6.74. The summed E-state index contributed by atoms with van der Waals surface area (Å²) < 4.78 is 8.05. The number of nitrogens with one attached hydrogen (secondary N) is 2. The molecule has 10 heteroatoms. The van der Waals surface area contributed by atoms with E-state index < -0.39 is 0 Å². The highest BCUT2D eigenvalue weighted by molar-refractivity contribution is 9.10. The predicted octanol–water partition coefficient (Wildman–Crippen LogP) is 2.76. The van der Waals surface area contributed by atoms with Gasteiger partial charge in [-0.2, -0.15) is 0 Å². The molecule has 3 heterocycles. The highest BCUT2D eigenvalue weighted by Crippen LogP contribution is 2.21. The summed E-state index contributed by atoms with van der Waals surface area (Å²) in [4.78, 5) is 16.6. The van der Waals surface area contributed by atoms with Gasteiger partial charge in [0.1, 0.15) is 0 Å². The number of nitrogens with zero attached hydrogens (tertiary/aromatic N) is 4. The summed E-state index contributed by atoms with van der Waals surface area (Å²) in [5.74, 6) is 0.247. The average Bonchev–Trinajstić information content (AvgIpc) is 3.20. The van der Waals surface area contributed by atoms with Crippen LogP contribution in [0.25, 0.3) is 5.82 Å².